The summed E-state index contributed by atoms with van der Waals surface area (Å²) in [6.07, 6.45) is 8.16. The van der Waals surface area contributed by atoms with Gasteiger partial charge in [-0.2, -0.15) is 0 Å². The van der Waals surface area contributed by atoms with Gasteiger partial charge in [-0.3, -0.25) is 4.79 Å². The van der Waals surface area contributed by atoms with E-state index in [0.29, 0.717) is 50.6 Å². The van der Waals surface area contributed by atoms with Gasteiger partial charge in [0.2, 0.25) is 5.89 Å². The molecule has 40 heavy (non-hydrogen) atoms. The van der Waals surface area contributed by atoms with Gasteiger partial charge < -0.3 is 23.9 Å². The van der Waals surface area contributed by atoms with E-state index < -0.39 is 12.1 Å². The van der Waals surface area contributed by atoms with Gasteiger partial charge in [0, 0.05) is 37.1 Å². The van der Waals surface area contributed by atoms with E-state index in [1.165, 1.54) is 0 Å². The number of aliphatic carboxylic acids is 1. The first-order valence-corrected chi connectivity index (χ1v) is 13.7. The van der Waals surface area contributed by atoms with Crippen molar-refractivity contribution in [3.8, 4) is 11.5 Å². The minimum atomic E-state index is -0.862. The van der Waals surface area contributed by atoms with Crippen molar-refractivity contribution >= 4 is 17.6 Å². The molecular weight excluding hydrogens is 508 g/mol. The molecule has 1 aliphatic rings. The lowest BCUT2D eigenvalue weighted by atomic mass is 9.92. The SMILES string of the molecule is CC/C=C\C=C(/C)c1nc(CCOc2ccc(CCC(=O)O)c3c2CCN(C(=O)Oc2ccccc2)C3)c(C)o1. The molecule has 0 atom stereocenters. The van der Waals surface area contributed by atoms with Crippen molar-refractivity contribution in [2.75, 3.05) is 13.2 Å². The van der Waals surface area contributed by atoms with Crippen LogP contribution in [-0.4, -0.2) is 40.2 Å². The number of fused-ring (bicyclic) bond motifs is 1. The van der Waals surface area contributed by atoms with Crippen LogP contribution in [0.1, 0.15) is 60.7 Å². The second kappa shape index (κ2) is 13.6. The summed E-state index contributed by atoms with van der Waals surface area (Å²) in [4.78, 5) is 30.5. The molecule has 0 spiro atoms. The Kier molecular flexibility index (Phi) is 9.78. The zero-order valence-electron chi connectivity index (χ0n) is 23.3. The summed E-state index contributed by atoms with van der Waals surface area (Å²) >= 11 is 0. The summed E-state index contributed by atoms with van der Waals surface area (Å²) < 4.78 is 17.6. The third kappa shape index (κ3) is 7.40. The summed E-state index contributed by atoms with van der Waals surface area (Å²) in [5.41, 5.74) is 4.64. The minimum Gasteiger partial charge on any atom is -0.493 e. The van der Waals surface area contributed by atoms with E-state index in [1.807, 2.05) is 56.3 Å². The molecule has 4 rings (SSSR count). The van der Waals surface area contributed by atoms with Gasteiger partial charge in [0.05, 0.1) is 12.3 Å². The smallest absolute Gasteiger partial charge is 0.415 e. The molecule has 1 amide bonds. The molecule has 0 unspecified atom stereocenters. The second-order valence-corrected chi connectivity index (χ2v) is 9.73. The monoisotopic (exact) mass is 544 g/mol. The van der Waals surface area contributed by atoms with E-state index in [9.17, 15) is 14.7 Å². The Morgan fingerprint density at radius 1 is 1.12 bits per heavy atom. The van der Waals surface area contributed by atoms with Crippen molar-refractivity contribution in [2.24, 2.45) is 0 Å². The Labute approximate surface area is 234 Å². The molecule has 0 radical (unpaired) electrons. The molecule has 8 heteroatoms. The van der Waals surface area contributed by atoms with Gasteiger partial charge in [0.25, 0.3) is 0 Å². The zero-order chi connectivity index (χ0) is 28.5. The highest BCUT2D eigenvalue weighted by molar-refractivity contribution is 5.72. The lowest BCUT2D eigenvalue weighted by Crippen LogP contribution is -2.38. The van der Waals surface area contributed by atoms with Crippen LogP contribution in [0, 0.1) is 6.92 Å². The zero-order valence-corrected chi connectivity index (χ0v) is 23.3. The van der Waals surface area contributed by atoms with Crippen LogP contribution in [0.15, 0.2) is 65.1 Å². The normalized spacial score (nSPS) is 13.4. The highest BCUT2D eigenvalue weighted by Crippen LogP contribution is 2.32. The third-order valence-electron chi connectivity index (χ3n) is 6.83. The average molecular weight is 545 g/mol. The first-order chi connectivity index (χ1) is 19.4. The van der Waals surface area contributed by atoms with Gasteiger partial charge in [-0.05, 0) is 62.4 Å². The standard InChI is InChI=1S/C32H36N2O6/c1-4-5-7-10-22(2)31-33-28(23(3)39-31)18-20-38-29-15-13-24(14-16-30(35)36)27-21-34(19-17-26(27)29)32(37)40-25-11-8-6-9-12-25/h5-13,15H,4,14,16-21H2,1-3H3,(H,35,36)/b7-5-,22-10+. The number of amides is 1. The van der Waals surface area contributed by atoms with Crippen LogP contribution in [0.3, 0.4) is 0 Å². The number of carbonyl (C=O) groups is 2. The molecule has 0 saturated carbocycles. The maximum Gasteiger partial charge on any atom is 0.415 e. The van der Waals surface area contributed by atoms with Crippen molar-refractivity contribution in [2.45, 2.75) is 59.4 Å². The van der Waals surface area contributed by atoms with Gasteiger partial charge in [-0.1, -0.05) is 49.4 Å². The number of aryl methyl sites for hydroxylation is 2. The lowest BCUT2D eigenvalue weighted by molar-refractivity contribution is -0.136. The molecule has 1 aromatic heterocycles. The summed E-state index contributed by atoms with van der Waals surface area (Å²) in [6, 6.07) is 12.8. The van der Waals surface area contributed by atoms with Gasteiger partial charge >= 0.3 is 12.1 Å². The van der Waals surface area contributed by atoms with Crippen molar-refractivity contribution < 1.29 is 28.6 Å². The fraction of sp³-hybridized carbons (Fsp3) is 0.344. The van der Waals surface area contributed by atoms with Gasteiger partial charge in [0.1, 0.15) is 17.3 Å². The van der Waals surface area contributed by atoms with Crippen LogP contribution in [0.2, 0.25) is 0 Å². The number of rotatable bonds is 11. The van der Waals surface area contributed by atoms with Crippen LogP contribution in [0.5, 0.6) is 11.5 Å². The van der Waals surface area contributed by atoms with E-state index in [-0.39, 0.29) is 6.42 Å². The van der Waals surface area contributed by atoms with E-state index in [1.54, 1.807) is 17.0 Å². The molecule has 2 heterocycles. The molecule has 0 saturated heterocycles. The molecule has 3 aromatic rings. The number of benzene rings is 2. The Hall–Kier alpha value is -4.33. The summed E-state index contributed by atoms with van der Waals surface area (Å²) in [6.45, 7) is 7.18. The Morgan fingerprint density at radius 2 is 1.93 bits per heavy atom. The van der Waals surface area contributed by atoms with Gasteiger partial charge in [-0.15, -0.1) is 0 Å². The minimum absolute atomic E-state index is 0.0109. The van der Waals surface area contributed by atoms with Crippen LogP contribution < -0.4 is 9.47 Å². The van der Waals surface area contributed by atoms with Crippen LogP contribution in [0.25, 0.3) is 5.57 Å². The maximum atomic E-state index is 12.9. The van der Waals surface area contributed by atoms with E-state index >= 15 is 0 Å². The number of hydrogen-bond acceptors (Lipinski definition) is 6. The molecule has 0 fully saturated rings. The van der Waals surface area contributed by atoms with Crippen molar-refractivity contribution in [1.29, 1.82) is 0 Å². The Morgan fingerprint density at radius 3 is 2.67 bits per heavy atom. The first kappa shape index (κ1) is 28.7. The fourth-order valence-electron chi connectivity index (χ4n) is 4.63. The molecule has 1 N–H and O–H groups in total. The quantitative estimate of drug-likeness (QED) is 0.273. The summed E-state index contributed by atoms with van der Waals surface area (Å²) in [5.74, 6) is 1.74. The van der Waals surface area contributed by atoms with Crippen LogP contribution >= 0.6 is 0 Å². The number of carboxylic acid groups (broad SMARTS) is 1. The van der Waals surface area contributed by atoms with Crippen molar-refractivity contribution in [3.05, 3.63) is 94.7 Å². The molecule has 8 nitrogen and oxygen atoms in total. The number of oxazole rings is 1. The highest BCUT2D eigenvalue weighted by Gasteiger charge is 2.27. The molecule has 0 aliphatic carbocycles. The maximum absolute atomic E-state index is 12.9. The number of carbonyl (C=O) groups excluding carboxylic acids is 1. The predicted molar refractivity (Wildman–Crippen MR) is 152 cm³/mol. The number of ether oxygens (including phenoxy) is 2. The third-order valence-corrected chi connectivity index (χ3v) is 6.83. The van der Waals surface area contributed by atoms with E-state index in [4.69, 9.17) is 13.9 Å². The van der Waals surface area contributed by atoms with E-state index in [0.717, 1.165) is 45.9 Å². The van der Waals surface area contributed by atoms with Gasteiger partial charge in [-0.25, -0.2) is 9.78 Å². The number of carboxylic acids is 1. The fourth-order valence-corrected chi connectivity index (χ4v) is 4.63. The number of hydrogen-bond donors (Lipinski definition) is 1. The molecule has 2 aromatic carbocycles. The average Bonchev–Trinajstić information content (AvgIpc) is 3.33. The number of aromatic nitrogens is 1. The summed E-state index contributed by atoms with van der Waals surface area (Å²) in [5, 5.41) is 9.24. The Balaban J connectivity index is 1.47. The predicted octanol–water partition coefficient (Wildman–Crippen LogP) is 6.55. The number of nitrogens with zero attached hydrogens (tertiary/aromatic N) is 2. The molecule has 1 aliphatic heterocycles. The number of allylic oxidation sites excluding steroid dienone is 4. The topological polar surface area (TPSA) is 102 Å². The summed E-state index contributed by atoms with van der Waals surface area (Å²) in [7, 11) is 0. The molecular formula is C32H36N2O6. The van der Waals surface area contributed by atoms with Crippen LogP contribution in [-0.2, 0) is 30.6 Å². The largest absolute Gasteiger partial charge is 0.493 e. The molecule has 210 valence electrons. The number of para-hydroxylation sites is 1. The van der Waals surface area contributed by atoms with Crippen molar-refractivity contribution in [1.82, 2.24) is 9.88 Å². The Bertz CT molecular complexity index is 1390. The highest BCUT2D eigenvalue weighted by atomic mass is 16.6. The van der Waals surface area contributed by atoms with Crippen molar-refractivity contribution in [3.63, 3.8) is 0 Å². The van der Waals surface area contributed by atoms with Crippen LogP contribution in [0.4, 0.5) is 4.79 Å². The lowest BCUT2D eigenvalue weighted by Gasteiger charge is -2.31. The van der Waals surface area contributed by atoms with E-state index in [2.05, 4.69) is 18.0 Å². The molecule has 0 bridgehead atoms. The second-order valence-electron chi connectivity index (χ2n) is 9.73. The first-order valence-electron chi connectivity index (χ1n) is 13.7. The van der Waals surface area contributed by atoms with Gasteiger partial charge in [0.15, 0.2) is 0 Å².